The van der Waals surface area contributed by atoms with Crippen LogP contribution < -0.4 is 11.1 Å². The molecule has 1 amide bonds. The lowest BCUT2D eigenvalue weighted by Gasteiger charge is -2.37. The van der Waals surface area contributed by atoms with Crippen molar-refractivity contribution >= 4 is 27.5 Å². The largest absolute Gasteiger partial charge is 0.330 e. The summed E-state index contributed by atoms with van der Waals surface area (Å²) in [6, 6.07) is 8.08. The second-order valence-electron chi connectivity index (χ2n) is 5.79. The molecule has 1 aromatic carbocycles. The number of likely N-dealkylation sites (N-methyl/N-ethyl adjacent to an activating group) is 1. The van der Waals surface area contributed by atoms with Gasteiger partial charge < -0.3 is 11.1 Å². The Bertz CT molecular complexity index is 480. The van der Waals surface area contributed by atoms with Crippen molar-refractivity contribution in [2.45, 2.75) is 31.7 Å². The summed E-state index contributed by atoms with van der Waals surface area (Å²) in [6.45, 7) is 1.11. The van der Waals surface area contributed by atoms with Gasteiger partial charge in [-0.25, -0.2) is 0 Å². The van der Waals surface area contributed by atoms with Gasteiger partial charge in [0.25, 0.3) is 0 Å². The van der Waals surface area contributed by atoms with Crippen LogP contribution in [0.5, 0.6) is 0 Å². The van der Waals surface area contributed by atoms with Crippen LogP contribution in [-0.2, 0) is 4.79 Å². The van der Waals surface area contributed by atoms with E-state index in [4.69, 9.17) is 5.73 Å². The Labute approximate surface area is 135 Å². The number of anilines is 1. The monoisotopic (exact) mass is 353 g/mol. The van der Waals surface area contributed by atoms with Gasteiger partial charge in [-0.3, -0.25) is 9.69 Å². The standard InChI is InChI=1S/C16H24BrN3O/c1-20(15-9-5-2-6-12(15)10-18)11-16(21)19-14-8-4-3-7-13(14)17/h3-4,7-8,12,15H,2,5-6,9-11,18H2,1H3,(H,19,21). The molecular weight excluding hydrogens is 330 g/mol. The van der Waals surface area contributed by atoms with Gasteiger partial charge in [0.2, 0.25) is 5.91 Å². The second-order valence-corrected chi connectivity index (χ2v) is 6.65. The smallest absolute Gasteiger partial charge is 0.238 e. The number of benzene rings is 1. The highest BCUT2D eigenvalue weighted by molar-refractivity contribution is 9.10. The van der Waals surface area contributed by atoms with Crippen molar-refractivity contribution in [1.29, 1.82) is 0 Å². The van der Waals surface area contributed by atoms with Crippen LogP contribution >= 0.6 is 15.9 Å². The van der Waals surface area contributed by atoms with Crippen LogP contribution in [0.3, 0.4) is 0 Å². The van der Waals surface area contributed by atoms with Crippen molar-refractivity contribution in [2.24, 2.45) is 11.7 Å². The molecule has 0 spiro atoms. The lowest BCUT2D eigenvalue weighted by atomic mass is 9.84. The van der Waals surface area contributed by atoms with Crippen molar-refractivity contribution in [3.8, 4) is 0 Å². The highest BCUT2D eigenvalue weighted by atomic mass is 79.9. The molecule has 2 unspecified atom stereocenters. The molecule has 4 nitrogen and oxygen atoms in total. The van der Waals surface area contributed by atoms with Crippen LogP contribution in [0.1, 0.15) is 25.7 Å². The van der Waals surface area contributed by atoms with E-state index in [0.29, 0.717) is 25.0 Å². The van der Waals surface area contributed by atoms with Gasteiger partial charge in [0.15, 0.2) is 0 Å². The van der Waals surface area contributed by atoms with Crippen molar-refractivity contribution in [3.63, 3.8) is 0 Å². The lowest BCUT2D eigenvalue weighted by Crippen LogP contribution is -2.45. The van der Waals surface area contributed by atoms with E-state index in [1.54, 1.807) is 0 Å². The molecule has 0 saturated heterocycles. The van der Waals surface area contributed by atoms with E-state index in [1.807, 2.05) is 31.3 Å². The lowest BCUT2D eigenvalue weighted by molar-refractivity contribution is -0.117. The molecule has 1 aliphatic carbocycles. The van der Waals surface area contributed by atoms with E-state index in [1.165, 1.54) is 19.3 Å². The zero-order valence-electron chi connectivity index (χ0n) is 12.5. The molecule has 1 saturated carbocycles. The van der Waals surface area contributed by atoms with Gasteiger partial charge in [0, 0.05) is 10.5 Å². The van der Waals surface area contributed by atoms with Gasteiger partial charge in [0.1, 0.15) is 0 Å². The van der Waals surface area contributed by atoms with Crippen LogP contribution in [0.25, 0.3) is 0 Å². The number of hydrogen-bond donors (Lipinski definition) is 2. The Balaban J connectivity index is 1.91. The molecule has 2 rings (SSSR count). The number of carbonyl (C=O) groups excluding carboxylic acids is 1. The maximum Gasteiger partial charge on any atom is 0.238 e. The number of hydrogen-bond acceptors (Lipinski definition) is 3. The number of nitrogens with zero attached hydrogens (tertiary/aromatic N) is 1. The zero-order chi connectivity index (χ0) is 15.2. The Morgan fingerprint density at radius 3 is 2.81 bits per heavy atom. The molecular formula is C16H24BrN3O. The molecule has 5 heteroatoms. The van der Waals surface area contributed by atoms with Crippen molar-refractivity contribution < 1.29 is 4.79 Å². The number of amides is 1. The molecule has 1 aromatic rings. The first-order chi connectivity index (χ1) is 10.1. The van der Waals surface area contributed by atoms with Crippen LogP contribution in [0.2, 0.25) is 0 Å². The Morgan fingerprint density at radius 1 is 1.38 bits per heavy atom. The molecule has 0 radical (unpaired) electrons. The first-order valence-electron chi connectivity index (χ1n) is 7.56. The van der Waals surface area contributed by atoms with Crippen LogP contribution in [-0.4, -0.2) is 37.0 Å². The Hall–Kier alpha value is -0.910. The molecule has 3 N–H and O–H groups in total. The molecule has 2 atom stereocenters. The highest BCUT2D eigenvalue weighted by Crippen LogP contribution is 2.27. The van der Waals surface area contributed by atoms with Gasteiger partial charge in [-0.05, 0) is 60.4 Å². The summed E-state index contributed by atoms with van der Waals surface area (Å²) in [4.78, 5) is 14.4. The summed E-state index contributed by atoms with van der Waals surface area (Å²) in [7, 11) is 2.03. The minimum atomic E-state index is 0.0192. The van der Waals surface area contributed by atoms with Gasteiger partial charge in [-0.2, -0.15) is 0 Å². The average molecular weight is 354 g/mol. The summed E-state index contributed by atoms with van der Waals surface area (Å²) in [5.41, 5.74) is 6.69. The third-order valence-electron chi connectivity index (χ3n) is 4.28. The number of rotatable bonds is 5. The van der Waals surface area contributed by atoms with Crippen LogP contribution in [0, 0.1) is 5.92 Å². The first kappa shape index (κ1) is 16.5. The molecule has 1 fully saturated rings. The van der Waals surface area contributed by atoms with E-state index >= 15 is 0 Å². The summed E-state index contributed by atoms with van der Waals surface area (Å²) in [5, 5.41) is 2.95. The van der Waals surface area contributed by atoms with E-state index in [9.17, 15) is 4.79 Å². The molecule has 116 valence electrons. The normalized spacial score (nSPS) is 22.3. The van der Waals surface area contributed by atoms with Gasteiger partial charge >= 0.3 is 0 Å². The third-order valence-corrected chi connectivity index (χ3v) is 4.97. The molecule has 0 aliphatic heterocycles. The number of halogens is 1. The third kappa shape index (κ3) is 4.53. The fourth-order valence-electron chi connectivity index (χ4n) is 3.14. The molecule has 21 heavy (non-hydrogen) atoms. The van der Waals surface area contributed by atoms with Gasteiger partial charge in [-0.15, -0.1) is 0 Å². The SMILES string of the molecule is CN(CC(=O)Nc1ccccc1Br)C1CCCCC1CN. The Morgan fingerprint density at radius 2 is 2.10 bits per heavy atom. The minimum Gasteiger partial charge on any atom is -0.330 e. The van der Waals surface area contributed by atoms with Gasteiger partial charge in [0.05, 0.1) is 12.2 Å². The fraction of sp³-hybridized carbons (Fsp3) is 0.562. The molecule has 0 heterocycles. The maximum atomic E-state index is 12.2. The second kappa shape index (κ2) is 7.92. The highest BCUT2D eigenvalue weighted by Gasteiger charge is 2.28. The van der Waals surface area contributed by atoms with E-state index in [2.05, 4.69) is 26.1 Å². The van der Waals surface area contributed by atoms with Crippen LogP contribution in [0.4, 0.5) is 5.69 Å². The quantitative estimate of drug-likeness (QED) is 0.855. The van der Waals surface area contributed by atoms with E-state index in [0.717, 1.165) is 16.6 Å². The van der Waals surface area contributed by atoms with E-state index in [-0.39, 0.29) is 5.91 Å². The Kier molecular flexibility index (Phi) is 6.21. The molecule has 0 bridgehead atoms. The van der Waals surface area contributed by atoms with Gasteiger partial charge in [-0.1, -0.05) is 25.0 Å². The predicted molar refractivity (Wildman–Crippen MR) is 90.2 cm³/mol. The van der Waals surface area contributed by atoms with Crippen molar-refractivity contribution in [2.75, 3.05) is 25.5 Å². The average Bonchev–Trinajstić information content (AvgIpc) is 2.49. The topological polar surface area (TPSA) is 58.4 Å². The number of para-hydroxylation sites is 1. The van der Waals surface area contributed by atoms with Crippen molar-refractivity contribution in [3.05, 3.63) is 28.7 Å². The maximum absolute atomic E-state index is 12.2. The summed E-state index contributed by atoms with van der Waals surface area (Å²) < 4.78 is 0.901. The molecule has 0 aromatic heterocycles. The summed E-state index contributed by atoms with van der Waals surface area (Å²) in [5.74, 6) is 0.533. The minimum absolute atomic E-state index is 0.0192. The first-order valence-corrected chi connectivity index (χ1v) is 8.35. The fourth-order valence-corrected chi connectivity index (χ4v) is 3.52. The van der Waals surface area contributed by atoms with Crippen LogP contribution in [0.15, 0.2) is 28.7 Å². The van der Waals surface area contributed by atoms with E-state index < -0.39 is 0 Å². The summed E-state index contributed by atoms with van der Waals surface area (Å²) >= 11 is 3.44. The number of nitrogens with two attached hydrogens (primary N) is 1. The zero-order valence-corrected chi connectivity index (χ0v) is 14.1. The number of carbonyl (C=O) groups is 1. The predicted octanol–water partition coefficient (Wildman–Crippen LogP) is 2.84. The van der Waals surface area contributed by atoms with Crippen molar-refractivity contribution in [1.82, 2.24) is 4.90 Å². The molecule has 1 aliphatic rings. The number of nitrogens with one attached hydrogen (secondary N) is 1. The summed E-state index contributed by atoms with van der Waals surface area (Å²) in [6.07, 6.45) is 4.81.